The highest BCUT2D eigenvalue weighted by Gasteiger charge is 2.31. The van der Waals surface area contributed by atoms with E-state index in [0.717, 1.165) is 17.5 Å². The van der Waals surface area contributed by atoms with E-state index in [4.69, 9.17) is 0 Å². The molecule has 0 aromatic heterocycles. The SMILES string of the molecule is CCPC1CCCCC1C1CCCCC1. The maximum Gasteiger partial charge on any atom is -0.0206 e. The molecule has 2 rings (SSSR count). The van der Waals surface area contributed by atoms with Gasteiger partial charge in [0.2, 0.25) is 0 Å². The third-order valence-electron chi connectivity index (χ3n) is 4.54. The molecular formula is C14H27P. The van der Waals surface area contributed by atoms with E-state index in [0.29, 0.717) is 0 Å². The Morgan fingerprint density at radius 1 is 0.867 bits per heavy atom. The summed E-state index contributed by atoms with van der Waals surface area (Å²) < 4.78 is 0. The Labute approximate surface area is 97.4 Å². The fourth-order valence-corrected chi connectivity index (χ4v) is 5.48. The van der Waals surface area contributed by atoms with Crippen LogP contribution >= 0.6 is 8.58 Å². The number of rotatable bonds is 3. The Balaban J connectivity index is 1.90. The van der Waals surface area contributed by atoms with Gasteiger partial charge in [-0.1, -0.05) is 51.9 Å². The molecule has 88 valence electrons. The van der Waals surface area contributed by atoms with Gasteiger partial charge in [0, 0.05) is 0 Å². The van der Waals surface area contributed by atoms with Crippen LogP contribution in [-0.2, 0) is 0 Å². The summed E-state index contributed by atoms with van der Waals surface area (Å²) in [6, 6.07) is 0. The minimum absolute atomic E-state index is 1.13. The van der Waals surface area contributed by atoms with Crippen LogP contribution in [0.1, 0.15) is 64.7 Å². The number of hydrogen-bond donors (Lipinski definition) is 0. The first-order chi connectivity index (χ1) is 7.42. The van der Waals surface area contributed by atoms with Crippen molar-refractivity contribution in [1.82, 2.24) is 0 Å². The molecule has 0 radical (unpaired) electrons. The lowest BCUT2D eigenvalue weighted by Gasteiger charge is -2.39. The summed E-state index contributed by atoms with van der Waals surface area (Å²) in [5.41, 5.74) is 1.13. The van der Waals surface area contributed by atoms with E-state index in [1.54, 1.807) is 25.7 Å². The molecule has 0 aromatic carbocycles. The molecule has 0 N–H and O–H groups in total. The van der Waals surface area contributed by atoms with Gasteiger partial charge >= 0.3 is 0 Å². The molecule has 0 aromatic rings. The van der Waals surface area contributed by atoms with Crippen LogP contribution < -0.4 is 0 Å². The molecule has 0 nitrogen and oxygen atoms in total. The smallest absolute Gasteiger partial charge is 0.0206 e. The number of hydrogen-bond acceptors (Lipinski definition) is 0. The predicted octanol–water partition coefficient (Wildman–Crippen LogP) is 4.82. The second-order valence-corrected chi connectivity index (χ2v) is 7.37. The van der Waals surface area contributed by atoms with Crippen LogP contribution in [0.25, 0.3) is 0 Å². The van der Waals surface area contributed by atoms with Crippen LogP contribution in [0.2, 0.25) is 0 Å². The van der Waals surface area contributed by atoms with Gasteiger partial charge in [0.15, 0.2) is 0 Å². The summed E-state index contributed by atoms with van der Waals surface area (Å²) in [7, 11) is 1.27. The quantitative estimate of drug-likeness (QED) is 0.605. The fraction of sp³-hybridized carbons (Fsp3) is 1.00. The van der Waals surface area contributed by atoms with Gasteiger partial charge in [-0.3, -0.25) is 0 Å². The zero-order valence-corrected chi connectivity index (χ0v) is 11.3. The van der Waals surface area contributed by atoms with Crippen LogP contribution in [0.3, 0.4) is 0 Å². The van der Waals surface area contributed by atoms with Gasteiger partial charge in [0.1, 0.15) is 0 Å². The molecule has 1 heteroatoms. The van der Waals surface area contributed by atoms with Crippen molar-refractivity contribution in [2.75, 3.05) is 6.16 Å². The van der Waals surface area contributed by atoms with Gasteiger partial charge in [0.05, 0.1) is 0 Å². The van der Waals surface area contributed by atoms with E-state index in [-0.39, 0.29) is 0 Å². The zero-order valence-electron chi connectivity index (χ0n) is 10.3. The third kappa shape index (κ3) is 3.19. The first kappa shape index (κ1) is 11.9. The van der Waals surface area contributed by atoms with Crippen LogP contribution in [0.4, 0.5) is 0 Å². The molecule has 2 aliphatic rings. The van der Waals surface area contributed by atoms with Gasteiger partial charge in [-0.25, -0.2) is 0 Å². The Hall–Kier alpha value is 0.430. The lowest BCUT2D eigenvalue weighted by Crippen LogP contribution is -2.29. The molecule has 2 fully saturated rings. The highest BCUT2D eigenvalue weighted by molar-refractivity contribution is 7.38. The van der Waals surface area contributed by atoms with Crippen molar-refractivity contribution in [3.05, 3.63) is 0 Å². The third-order valence-corrected chi connectivity index (χ3v) is 6.19. The molecule has 0 bridgehead atoms. The minimum atomic E-state index is 1.13. The van der Waals surface area contributed by atoms with E-state index in [2.05, 4.69) is 6.92 Å². The Morgan fingerprint density at radius 2 is 1.53 bits per heavy atom. The maximum absolute atomic E-state index is 2.38. The molecule has 3 atom stereocenters. The Kier molecular flexibility index (Phi) is 4.95. The summed E-state index contributed by atoms with van der Waals surface area (Å²) in [5.74, 6) is 2.26. The molecule has 15 heavy (non-hydrogen) atoms. The summed E-state index contributed by atoms with van der Waals surface area (Å²) in [5, 5.41) is 0. The molecule has 3 unspecified atom stereocenters. The summed E-state index contributed by atoms with van der Waals surface area (Å²) in [6.45, 7) is 2.38. The largest absolute Gasteiger partial charge is 0.119 e. The standard InChI is InChI=1S/C14H27P/c1-2-15-14-11-7-6-10-13(14)12-8-4-3-5-9-12/h12-15H,2-11H2,1H3. The van der Waals surface area contributed by atoms with E-state index < -0.39 is 0 Å². The van der Waals surface area contributed by atoms with E-state index in [9.17, 15) is 0 Å². The zero-order chi connectivity index (χ0) is 10.5. The summed E-state index contributed by atoms with van der Waals surface area (Å²) in [4.78, 5) is 0. The van der Waals surface area contributed by atoms with E-state index in [1.165, 1.54) is 46.8 Å². The second kappa shape index (κ2) is 6.24. The van der Waals surface area contributed by atoms with Gasteiger partial charge in [-0.05, 0) is 36.5 Å². The van der Waals surface area contributed by atoms with Crippen molar-refractivity contribution in [2.24, 2.45) is 11.8 Å². The lowest BCUT2D eigenvalue weighted by atomic mass is 9.73. The molecule has 2 aliphatic carbocycles. The van der Waals surface area contributed by atoms with Crippen LogP contribution in [0.15, 0.2) is 0 Å². The predicted molar refractivity (Wildman–Crippen MR) is 71.2 cm³/mol. The maximum atomic E-state index is 2.38. The van der Waals surface area contributed by atoms with Crippen molar-refractivity contribution >= 4 is 8.58 Å². The molecule has 0 amide bonds. The van der Waals surface area contributed by atoms with Crippen LogP contribution in [0.5, 0.6) is 0 Å². The minimum Gasteiger partial charge on any atom is -0.119 e. The van der Waals surface area contributed by atoms with Gasteiger partial charge in [-0.15, -0.1) is 8.58 Å². The Bertz CT molecular complexity index is 159. The summed E-state index contributed by atoms with van der Waals surface area (Å²) >= 11 is 0. The van der Waals surface area contributed by atoms with Gasteiger partial charge in [0.25, 0.3) is 0 Å². The lowest BCUT2D eigenvalue weighted by molar-refractivity contribution is 0.201. The fourth-order valence-electron chi connectivity index (χ4n) is 3.80. The summed E-state index contributed by atoms with van der Waals surface area (Å²) in [6.07, 6.45) is 15.3. The average Bonchev–Trinajstić information content (AvgIpc) is 2.31. The van der Waals surface area contributed by atoms with Gasteiger partial charge < -0.3 is 0 Å². The normalized spacial score (nSPS) is 35.0. The van der Waals surface area contributed by atoms with Crippen molar-refractivity contribution in [3.63, 3.8) is 0 Å². The Morgan fingerprint density at radius 3 is 2.27 bits per heavy atom. The first-order valence-corrected chi connectivity index (χ1v) is 8.43. The van der Waals surface area contributed by atoms with Crippen molar-refractivity contribution in [3.8, 4) is 0 Å². The molecular weight excluding hydrogens is 199 g/mol. The molecule has 0 aliphatic heterocycles. The second-order valence-electron chi connectivity index (χ2n) is 5.51. The molecule has 0 heterocycles. The van der Waals surface area contributed by atoms with Gasteiger partial charge in [-0.2, -0.15) is 0 Å². The molecule has 0 spiro atoms. The van der Waals surface area contributed by atoms with Crippen LogP contribution in [-0.4, -0.2) is 11.8 Å². The monoisotopic (exact) mass is 226 g/mol. The molecule has 0 saturated heterocycles. The van der Waals surface area contributed by atoms with E-state index >= 15 is 0 Å². The van der Waals surface area contributed by atoms with E-state index in [1.807, 2.05) is 0 Å². The highest BCUT2D eigenvalue weighted by Crippen LogP contribution is 2.44. The topological polar surface area (TPSA) is 0 Å². The highest BCUT2D eigenvalue weighted by atomic mass is 31.1. The van der Waals surface area contributed by atoms with Crippen molar-refractivity contribution < 1.29 is 0 Å². The van der Waals surface area contributed by atoms with Crippen molar-refractivity contribution in [1.29, 1.82) is 0 Å². The molecule has 2 saturated carbocycles. The van der Waals surface area contributed by atoms with Crippen molar-refractivity contribution in [2.45, 2.75) is 70.4 Å². The average molecular weight is 226 g/mol. The first-order valence-electron chi connectivity index (χ1n) is 7.15. The van der Waals surface area contributed by atoms with Crippen LogP contribution in [0, 0.1) is 11.8 Å².